The second-order valence-electron chi connectivity index (χ2n) is 12.0. The topological polar surface area (TPSA) is 95.7 Å². The first-order valence-electron chi connectivity index (χ1n) is 15.7. The maximum atomic E-state index is 13.7. The van der Waals surface area contributed by atoms with Gasteiger partial charge in [0.1, 0.15) is 0 Å². The van der Waals surface area contributed by atoms with E-state index in [1.807, 2.05) is 32.9 Å². The highest BCUT2D eigenvalue weighted by Crippen LogP contribution is 2.31. The zero-order valence-corrected chi connectivity index (χ0v) is 26.1. The molecule has 8 nitrogen and oxygen atoms in total. The largest absolute Gasteiger partial charge is 0.382 e. The first-order chi connectivity index (χ1) is 20.8. The van der Waals surface area contributed by atoms with Crippen LogP contribution in [0.2, 0.25) is 0 Å². The lowest BCUT2D eigenvalue weighted by molar-refractivity contribution is 0.00924. The van der Waals surface area contributed by atoms with Crippen LogP contribution in [0.1, 0.15) is 70.9 Å². The van der Waals surface area contributed by atoms with Crippen molar-refractivity contribution < 1.29 is 14.3 Å². The van der Waals surface area contributed by atoms with Gasteiger partial charge in [0.05, 0.1) is 12.7 Å². The van der Waals surface area contributed by atoms with Gasteiger partial charge in [-0.2, -0.15) is 0 Å². The first-order valence-corrected chi connectivity index (χ1v) is 15.7. The lowest BCUT2D eigenvalue weighted by Crippen LogP contribution is -2.34. The Kier molecular flexibility index (Phi) is 10.3. The molecule has 2 unspecified atom stereocenters. The second-order valence-corrected chi connectivity index (χ2v) is 12.0. The molecule has 2 aromatic carbocycles. The Bertz CT molecular complexity index is 1460. The Morgan fingerprint density at radius 3 is 2.60 bits per heavy atom. The number of amides is 1. The van der Waals surface area contributed by atoms with Gasteiger partial charge in [-0.15, -0.1) is 0 Å². The average Bonchev–Trinajstić information content (AvgIpc) is 3.26. The summed E-state index contributed by atoms with van der Waals surface area (Å²) in [4.78, 5) is 31.5. The standard InChI is InChI=1S/C35H46N4O4/c1-5-30-20-29(11-15-43-30)38-33-19-28(27-9-7-26(8-10-27)22-39-12-6-14-42-16-13-39)18-31(25(33)4)34(40)36-21-32-23(2)17-24(3)37-35(32)41/h7-10,17-19,29-30,38H,5-6,11-16,20-22H2,1-4H3,(H,36,40)(H,37,41). The number of carbonyl (C=O) groups excluding carboxylic acids is 1. The van der Waals surface area contributed by atoms with E-state index in [0.29, 0.717) is 11.1 Å². The molecule has 2 aliphatic rings. The number of pyridine rings is 1. The zero-order valence-electron chi connectivity index (χ0n) is 26.1. The molecule has 2 atom stereocenters. The van der Waals surface area contributed by atoms with Crippen LogP contribution < -0.4 is 16.2 Å². The summed E-state index contributed by atoms with van der Waals surface area (Å²) in [5.74, 6) is -0.194. The van der Waals surface area contributed by atoms with Gasteiger partial charge in [0, 0.05) is 67.9 Å². The monoisotopic (exact) mass is 586 g/mol. The molecule has 43 heavy (non-hydrogen) atoms. The van der Waals surface area contributed by atoms with Crippen molar-refractivity contribution in [2.75, 3.05) is 38.2 Å². The van der Waals surface area contributed by atoms with Crippen LogP contribution in [-0.2, 0) is 22.6 Å². The number of anilines is 1. The number of carbonyl (C=O) groups is 1. The van der Waals surface area contributed by atoms with Crippen LogP contribution in [-0.4, -0.2) is 60.8 Å². The van der Waals surface area contributed by atoms with Crippen molar-refractivity contribution in [3.05, 3.63) is 86.3 Å². The van der Waals surface area contributed by atoms with Crippen LogP contribution in [0.4, 0.5) is 5.69 Å². The van der Waals surface area contributed by atoms with E-state index in [2.05, 4.69) is 57.8 Å². The van der Waals surface area contributed by atoms with Gasteiger partial charge >= 0.3 is 0 Å². The molecular formula is C35H46N4O4. The molecule has 0 radical (unpaired) electrons. The number of hydrogen-bond acceptors (Lipinski definition) is 6. The third kappa shape index (κ3) is 7.93. The maximum absolute atomic E-state index is 13.7. The van der Waals surface area contributed by atoms with Gasteiger partial charge in [-0.25, -0.2) is 0 Å². The number of aromatic amines is 1. The summed E-state index contributed by atoms with van der Waals surface area (Å²) in [5, 5.41) is 6.78. The van der Waals surface area contributed by atoms with E-state index in [4.69, 9.17) is 9.47 Å². The summed E-state index contributed by atoms with van der Waals surface area (Å²) in [7, 11) is 0. The summed E-state index contributed by atoms with van der Waals surface area (Å²) in [6.07, 6.45) is 4.16. The van der Waals surface area contributed by atoms with Crippen molar-refractivity contribution in [2.24, 2.45) is 0 Å². The summed E-state index contributed by atoms with van der Waals surface area (Å²) in [6, 6.07) is 15.0. The van der Waals surface area contributed by atoms with Crippen molar-refractivity contribution in [1.29, 1.82) is 0 Å². The molecular weight excluding hydrogens is 540 g/mol. The third-order valence-corrected chi connectivity index (χ3v) is 8.76. The molecule has 1 aromatic heterocycles. The molecule has 2 aliphatic heterocycles. The quantitative estimate of drug-likeness (QED) is 0.307. The van der Waals surface area contributed by atoms with Gasteiger partial charge in [0.25, 0.3) is 11.5 Å². The molecule has 5 rings (SSSR count). The van der Waals surface area contributed by atoms with Crippen molar-refractivity contribution in [1.82, 2.24) is 15.2 Å². The zero-order chi connectivity index (χ0) is 30.3. The number of hydrogen-bond donors (Lipinski definition) is 3. The fraction of sp³-hybridized carbons (Fsp3) is 0.486. The molecule has 0 spiro atoms. The summed E-state index contributed by atoms with van der Waals surface area (Å²) >= 11 is 0. The van der Waals surface area contributed by atoms with E-state index in [-0.39, 0.29) is 30.2 Å². The minimum Gasteiger partial charge on any atom is -0.382 e. The Labute approximate surface area is 255 Å². The van der Waals surface area contributed by atoms with Crippen molar-refractivity contribution >= 4 is 11.6 Å². The third-order valence-electron chi connectivity index (χ3n) is 8.76. The molecule has 230 valence electrons. The summed E-state index contributed by atoms with van der Waals surface area (Å²) in [6.45, 7) is 13.3. The van der Waals surface area contributed by atoms with Crippen molar-refractivity contribution in [3.63, 3.8) is 0 Å². The number of benzene rings is 2. The van der Waals surface area contributed by atoms with Crippen LogP contribution in [0, 0.1) is 20.8 Å². The molecule has 0 bridgehead atoms. The number of H-pyrrole nitrogens is 1. The predicted octanol–water partition coefficient (Wildman–Crippen LogP) is 5.49. The highest BCUT2D eigenvalue weighted by molar-refractivity contribution is 5.98. The van der Waals surface area contributed by atoms with Gasteiger partial charge in [-0.05, 0) is 92.5 Å². The van der Waals surface area contributed by atoms with Crippen LogP contribution in [0.15, 0.2) is 47.3 Å². The van der Waals surface area contributed by atoms with E-state index in [0.717, 1.165) is 98.8 Å². The number of aromatic nitrogens is 1. The first kappa shape index (κ1) is 31.0. The van der Waals surface area contributed by atoms with E-state index < -0.39 is 0 Å². The summed E-state index contributed by atoms with van der Waals surface area (Å²) < 4.78 is 11.5. The Morgan fingerprint density at radius 1 is 1.02 bits per heavy atom. The fourth-order valence-corrected chi connectivity index (χ4v) is 6.16. The molecule has 3 aromatic rings. The summed E-state index contributed by atoms with van der Waals surface area (Å²) in [5.41, 5.74) is 7.86. The van der Waals surface area contributed by atoms with Gasteiger partial charge < -0.3 is 25.1 Å². The van der Waals surface area contributed by atoms with Crippen molar-refractivity contribution in [3.8, 4) is 11.1 Å². The van der Waals surface area contributed by atoms with E-state index in [1.165, 1.54) is 5.56 Å². The smallest absolute Gasteiger partial charge is 0.253 e. The molecule has 0 saturated carbocycles. The SMILES string of the molecule is CCC1CC(Nc2cc(-c3ccc(CN4CCCOCC4)cc3)cc(C(=O)NCc3c(C)cc(C)[nH]c3=O)c2C)CCO1. The minimum atomic E-state index is -0.194. The molecule has 0 aliphatic carbocycles. The van der Waals surface area contributed by atoms with Gasteiger partial charge in [0.15, 0.2) is 0 Å². The normalized spacial score (nSPS) is 19.5. The lowest BCUT2D eigenvalue weighted by Gasteiger charge is -2.31. The van der Waals surface area contributed by atoms with Crippen LogP contribution in [0.3, 0.4) is 0 Å². The molecule has 3 N–H and O–H groups in total. The molecule has 1 amide bonds. The lowest BCUT2D eigenvalue weighted by atomic mass is 9.95. The Hall–Kier alpha value is -3.46. The van der Waals surface area contributed by atoms with E-state index in [9.17, 15) is 9.59 Å². The Balaban J connectivity index is 1.41. The van der Waals surface area contributed by atoms with E-state index >= 15 is 0 Å². The van der Waals surface area contributed by atoms with Crippen LogP contribution >= 0.6 is 0 Å². The minimum absolute atomic E-state index is 0.164. The molecule has 2 saturated heterocycles. The van der Waals surface area contributed by atoms with Crippen LogP contribution in [0.25, 0.3) is 11.1 Å². The Morgan fingerprint density at radius 2 is 1.84 bits per heavy atom. The second kappa shape index (κ2) is 14.3. The number of rotatable bonds is 9. The van der Waals surface area contributed by atoms with Gasteiger partial charge in [0.2, 0.25) is 0 Å². The highest BCUT2D eigenvalue weighted by Gasteiger charge is 2.23. The molecule has 3 heterocycles. The molecule has 2 fully saturated rings. The van der Waals surface area contributed by atoms with Gasteiger partial charge in [-0.1, -0.05) is 31.2 Å². The van der Waals surface area contributed by atoms with Gasteiger partial charge in [-0.3, -0.25) is 14.5 Å². The van der Waals surface area contributed by atoms with E-state index in [1.54, 1.807) is 0 Å². The predicted molar refractivity (Wildman–Crippen MR) is 172 cm³/mol. The fourth-order valence-electron chi connectivity index (χ4n) is 6.16. The molecule has 8 heteroatoms. The average molecular weight is 587 g/mol. The van der Waals surface area contributed by atoms with Crippen LogP contribution in [0.5, 0.6) is 0 Å². The maximum Gasteiger partial charge on any atom is 0.253 e. The highest BCUT2D eigenvalue weighted by atomic mass is 16.5. The number of nitrogens with zero attached hydrogens (tertiary/aromatic N) is 1. The van der Waals surface area contributed by atoms with Crippen molar-refractivity contribution in [2.45, 2.75) is 78.6 Å². The number of aryl methyl sites for hydroxylation is 2. The number of ether oxygens (including phenoxy) is 2. The number of nitrogens with one attached hydrogen (secondary N) is 3.